The Morgan fingerprint density at radius 1 is 1.28 bits per heavy atom. The lowest BCUT2D eigenvalue weighted by molar-refractivity contribution is -0.124. The Labute approximate surface area is 148 Å². The average Bonchev–Trinajstić information content (AvgIpc) is 3.03. The highest BCUT2D eigenvalue weighted by atomic mass is 32.1. The van der Waals surface area contributed by atoms with Gasteiger partial charge in [-0.1, -0.05) is 13.0 Å². The molecule has 0 radical (unpaired) electrons. The minimum Gasteiger partial charge on any atom is -0.449 e. The first-order valence-corrected chi connectivity index (χ1v) is 8.60. The summed E-state index contributed by atoms with van der Waals surface area (Å²) in [5.41, 5.74) is 2.13. The van der Waals surface area contributed by atoms with Crippen molar-refractivity contribution in [3.05, 3.63) is 47.2 Å². The van der Waals surface area contributed by atoms with Gasteiger partial charge in [0.1, 0.15) is 5.52 Å². The number of carbonyl (C=O) groups is 2. The summed E-state index contributed by atoms with van der Waals surface area (Å²) < 4.78 is 5.39. The van der Waals surface area contributed by atoms with Gasteiger partial charge in [-0.15, -0.1) is 11.3 Å². The van der Waals surface area contributed by atoms with Gasteiger partial charge in [0.2, 0.25) is 0 Å². The molecular weight excluding hydrogens is 340 g/mol. The second-order valence-electron chi connectivity index (χ2n) is 5.32. The van der Waals surface area contributed by atoms with Crippen molar-refractivity contribution in [3.8, 4) is 0 Å². The van der Waals surface area contributed by atoms with Gasteiger partial charge >= 0.3 is 5.97 Å². The van der Waals surface area contributed by atoms with E-state index in [9.17, 15) is 9.59 Å². The zero-order valence-corrected chi connectivity index (χ0v) is 14.5. The van der Waals surface area contributed by atoms with E-state index in [-0.39, 0.29) is 5.56 Å². The van der Waals surface area contributed by atoms with Crippen LogP contribution in [0.25, 0.3) is 11.0 Å². The van der Waals surface area contributed by atoms with E-state index in [2.05, 4.69) is 20.3 Å². The predicted octanol–water partition coefficient (Wildman–Crippen LogP) is 2.97. The highest BCUT2D eigenvalue weighted by Crippen LogP contribution is 2.18. The van der Waals surface area contributed by atoms with Gasteiger partial charge in [-0.05, 0) is 25.5 Å². The standard InChI is InChI=1S/C17H16N4O3S/c1-3-13(15(22)21-17-20-10(2)9-25-17)24-16(23)11-5-4-6-12-14(11)19-8-7-18-12/h4-9,13H,3H2,1-2H3,(H,20,21,22). The number of ether oxygens (including phenoxy) is 1. The molecule has 1 N–H and O–H groups in total. The van der Waals surface area contributed by atoms with Gasteiger partial charge in [-0.2, -0.15) is 0 Å². The molecule has 0 saturated carbocycles. The molecule has 0 bridgehead atoms. The van der Waals surface area contributed by atoms with Crippen LogP contribution in [0.5, 0.6) is 0 Å². The van der Waals surface area contributed by atoms with Crippen molar-refractivity contribution in [2.45, 2.75) is 26.4 Å². The van der Waals surface area contributed by atoms with Crippen LogP contribution < -0.4 is 5.32 Å². The molecule has 0 spiro atoms. The van der Waals surface area contributed by atoms with Crippen molar-refractivity contribution in [3.63, 3.8) is 0 Å². The fourth-order valence-electron chi connectivity index (χ4n) is 2.27. The van der Waals surface area contributed by atoms with Crippen molar-refractivity contribution >= 4 is 39.4 Å². The van der Waals surface area contributed by atoms with Crippen molar-refractivity contribution < 1.29 is 14.3 Å². The van der Waals surface area contributed by atoms with Crippen molar-refractivity contribution in [2.24, 2.45) is 0 Å². The number of hydrogen-bond donors (Lipinski definition) is 1. The molecule has 2 aromatic heterocycles. The van der Waals surface area contributed by atoms with E-state index in [1.54, 1.807) is 31.3 Å². The maximum atomic E-state index is 12.5. The Hall–Kier alpha value is -2.87. The molecular formula is C17H16N4O3S. The third-order valence-corrected chi connectivity index (χ3v) is 4.36. The van der Waals surface area contributed by atoms with Crippen LogP contribution in [0.3, 0.4) is 0 Å². The SMILES string of the molecule is CCC(OC(=O)c1cccc2nccnc12)C(=O)Nc1nc(C)cs1. The van der Waals surface area contributed by atoms with E-state index >= 15 is 0 Å². The third kappa shape index (κ3) is 3.80. The van der Waals surface area contributed by atoms with Gasteiger partial charge in [0.05, 0.1) is 16.8 Å². The highest BCUT2D eigenvalue weighted by molar-refractivity contribution is 7.13. The van der Waals surface area contributed by atoms with Crippen molar-refractivity contribution in [2.75, 3.05) is 5.32 Å². The van der Waals surface area contributed by atoms with Crippen LogP contribution in [0, 0.1) is 6.92 Å². The lowest BCUT2D eigenvalue weighted by Gasteiger charge is -2.15. The summed E-state index contributed by atoms with van der Waals surface area (Å²) in [6.07, 6.45) is 2.49. The van der Waals surface area contributed by atoms with Crippen molar-refractivity contribution in [1.82, 2.24) is 15.0 Å². The maximum absolute atomic E-state index is 12.5. The van der Waals surface area contributed by atoms with Gasteiger partial charge in [0.25, 0.3) is 5.91 Å². The second-order valence-corrected chi connectivity index (χ2v) is 6.17. The van der Waals surface area contributed by atoms with Crippen LogP contribution in [0.2, 0.25) is 0 Å². The topological polar surface area (TPSA) is 94.1 Å². The lowest BCUT2D eigenvalue weighted by atomic mass is 10.1. The molecule has 0 aliphatic rings. The van der Waals surface area contributed by atoms with E-state index in [1.165, 1.54) is 17.5 Å². The first-order chi connectivity index (χ1) is 12.1. The number of benzene rings is 1. The normalized spacial score (nSPS) is 11.9. The summed E-state index contributed by atoms with van der Waals surface area (Å²) in [6, 6.07) is 5.06. The van der Waals surface area contributed by atoms with E-state index in [0.717, 1.165) is 5.69 Å². The number of amides is 1. The molecule has 1 amide bonds. The molecule has 1 unspecified atom stereocenters. The van der Waals surface area contributed by atoms with Crippen LogP contribution in [0.4, 0.5) is 5.13 Å². The summed E-state index contributed by atoms with van der Waals surface area (Å²) in [5, 5.41) is 4.98. The number of nitrogens with zero attached hydrogens (tertiary/aromatic N) is 3. The Morgan fingerprint density at radius 2 is 2.08 bits per heavy atom. The molecule has 0 aliphatic heterocycles. The molecule has 0 aliphatic carbocycles. The number of thiazole rings is 1. The molecule has 0 fully saturated rings. The summed E-state index contributed by atoms with van der Waals surface area (Å²) in [7, 11) is 0. The second kappa shape index (κ2) is 7.35. The van der Waals surface area contributed by atoms with Crippen LogP contribution in [-0.4, -0.2) is 32.9 Å². The van der Waals surface area contributed by atoms with Crippen LogP contribution >= 0.6 is 11.3 Å². The van der Waals surface area contributed by atoms with Gasteiger partial charge in [-0.25, -0.2) is 9.78 Å². The molecule has 2 heterocycles. The molecule has 8 heteroatoms. The fourth-order valence-corrected chi connectivity index (χ4v) is 2.96. The minimum atomic E-state index is -0.913. The number of rotatable bonds is 5. The number of nitrogens with one attached hydrogen (secondary N) is 1. The maximum Gasteiger partial charge on any atom is 0.341 e. The smallest absolute Gasteiger partial charge is 0.341 e. The van der Waals surface area contributed by atoms with E-state index in [1.807, 2.05) is 12.3 Å². The number of para-hydroxylation sites is 1. The molecule has 7 nitrogen and oxygen atoms in total. The van der Waals surface area contributed by atoms with Crippen LogP contribution in [-0.2, 0) is 9.53 Å². The van der Waals surface area contributed by atoms with Gasteiger partial charge < -0.3 is 4.74 Å². The van der Waals surface area contributed by atoms with Crippen LogP contribution in [0.15, 0.2) is 36.0 Å². The van der Waals surface area contributed by atoms with E-state index in [0.29, 0.717) is 22.6 Å². The number of anilines is 1. The quantitative estimate of drug-likeness (QED) is 0.706. The Kier molecular flexibility index (Phi) is 4.99. The average molecular weight is 356 g/mol. The first-order valence-electron chi connectivity index (χ1n) is 7.72. The lowest BCUT2D eigenvalue weighted by Crippen LogP contribution is -2.32. The summed E-state index contributed by atoms with van der Waals surface area (Å²) in [5.74, 6) is -1.01. The van der Waals surface area contributed by atoms with Crippen molar-refractivity contribution in [1.29, 1.82) is 0 Å². The third-order valence-electron chi connectivity index (χ3n) is 3.48. The van der Waals surface area contributed by atoms with Crippen LogP contribution in [0.1, 0.15) is 29.4 Å². The summed E-state index contributed by atoms with van der Waals surface area (Å²) >= 11 is 1.32. The number of hydrogen-bond acceptors (Lipinski definition) is 7. The largest absolute Gasteiger partial charge is 0.449 e. The highest BCUT2D eigenvalue weighted by Gasteiger charge is 2.24. The van der Waals surface area contributed by atoms with E-state index in [4.69, 9.17) is 4.74 Å². The molecule has 25 heavy (non-hydrogen) atoms. The Bertz CT molecular complexity index is 920. The zero-order chi connectivity index (χ0) is 17.8. The van der Waals surface area contributed by atoms with Gasteiger partial charge in [0, 0.05) is 17.8 Å². The molecule has 1 aromatic carbocycles. The molecule has 128 valence electrons. The summed E-state index contributed by atoms with van der Waals surface area (Å²) in [4.78, 5) is 37.4. The Morgan fingerprint density at radius 3 is 2.80 bits per heavy atom. The molecule has 3 rings (SSSR count). The molecule has 3 aromatic rings. The zero-order valence-electron chi connectivity index (χ0n) is 13.7. The summed E-state index contributed by atoms with van der Waals surface area (Å²) in [6.45, 7) is 3.61. The predicted molar refractivity (Wildman–Crippen MR) is 94.5 cm³/mol. The number of esters is 1. The van der Waals surface area contributed by atoms with E-state index < -0.39 is 18.0 Å². The number of fused-ring (bicyclic) bond motifs is 1. The molecule has 1 atom stereocenters. The van der Waals surface area contributed by atoms with Gasteiger partial charge in [-0.3, -0.25) is 20.1 Å². The first kappa shape index (κ1) is 17.0. The number of aromatic nitrogens is 3. The number of aryl methyl sites for hydroxylation is 1. The van der Waals surface area contributed by atoms with Gasteiger partial charge in [0.15, 0.2) is 11.2 Å². The molecule has 0 saturated heterocycles. The Balaban J connectivity index is 1.76. The monoisotopic (exact) mass is 356 g/mol. The minimum absolute atomic E-state index is 0.280. The fraction of sp³-hybridized carbons (Fsp3) is 0.235. The number of carbonyl (C=O) groups excluding carboxylic acids is 2.